The molecule has 3 heteroatoms. The third kappa shape index (κ3) is 3.35. The van der Waals surface area contributed by atoms with Crippen LogP contribution < -0.4 is 0 Å². The molecule has 0 saturated carbocycles. The summed E-state index contributed by atoms with van der Waals surface area (Å²) in [7, 11) is 0. The van der Waals surface area contributed by atoms with Crippen molar-refractivity contribution in [3.05, 3.63) is 12.7 Å². The van der Waals surface area contributed by atoms with Crippen molar-refractivity contribution in [1.29, 1.82) is 0 Å². The Morgan fingerprint density at radius 1 is 1.50 bits per heavy atom. The van der Waals surface area contributed by atoms with Gasteiger partial charge in [0, 0.05) is 22.7 Å². The van der Waals surface area contributed by atoms with Crippen LogP contribution in [0.1, 0.15) is 26.7 Å². The van der Waals surface area contributed by atoms with Gasteiger partial charge in [0.15, 0.2) is 0 Å². The molecular formula is C11H18OS2. The number of allylic oxidation sites excluding steroid dienone is 1. The Balaban J connectivity index is 2.38. The molecule has 0 radical (unpaired) electrons. The van der Waals surface area contributed by atoms with E-state index in [1.165, 1.54) is 0 Å². The molecule has 3 atom stereocenters. The van der Waals surface area contributed by atoms with Crippen molar-refractivity contribution < 1.29 is 4.79 Å². The Kier molecular flexibility index (Phi) is 5.10. The molecule has 0 aromatic rings. The average Bonchev–Trinajstić information content (AvgIpc) is 2.18. The summed E-state index contributed by atoms with van der Waals surface area (Å²) in [6.45, 7) is 8.10. The van der Waals surface area contributed by atoms with Crippen molar-refractivity contribution in [3.8, 4) is 0 Å². The molecule has 3 unspecified atom stereocenters. The van der Waals surface area contributed by atoms with Gasteiger partial charge in [0.1, 0.15) is 5.78 Å². The molecular weight excluding hydrogens is 212 g/mol. The lowest BCUT2D eigenvalue weighted by molar-refractivity contribution is -0.118. The Labute approximate surface area is 95.1 Å². The van der Waals surface area contributed by atoms with Crippen LogP contribution in [0.5, 0.6) is 0 Å². The molecule has 1 saturated heterocycles. The van der Waals surface area contributed by atoms with Crippen LogP contribution in [0.15, 0.2) is 12.7 Å². The lowest BCUT2D eigenvalue weighted by Crippen LogP contribution is -2.31. The third-order valence-corrected chi connectivity index (χ3v) is 5.94. The molecule has 1 rings (SSSR count). The Morgan fingerprint density at radius 3 is 2.79 bits per heavy atom. The molecule has 0 spiro atoms. The van der Waals surface area contributed by atoms with E-state index in [4.69, 9.17) is 0 Å². The first-order valence-electron chi connectivity index (χ1n) is 5.05. The van der Waals surface area contributed by atoms with Gasteiger partial charge in [0.25, 0.3) is 0 Å². The maximum atomic E-state index is 11.7. The molecule has 0 aliphatic carbocycles. The number of carbonyl (C=O) groups excluding carboxylic acids is 1. The van der Waals surface area contributed by atoms with Crippen LogP contribution in [-0.2, 0) is 4.79 Å². The largest absolute Gasteiger partial charge is 0.298 e. The van der Waals surface area contributed by atoms with Crippen LogP contribution in [0, 0.1) is 0 Å². The summed E-state index contributed by atoms with van der Waals surface area (Å²) in [6.07, 6.45) is 3.32. The van der Waals surface area contributed by atoms with E-state index >= 15 is 0 Å². The summed E-state index contributed by atoms with van der Waals surface area (Å²) in [5, 5.41) is 1.51. The number of ketones is 1. The minimum Gasteiger partial charge on any atom is -0.298 e. The van der Waals surface area contributed by atoms with E-state index in [-0.39, 0.29) is 5.25 Å². The first-order valence-corrected chi connectivity index (χ1v) is 7.05. The Hall–Kier alpha value is 0.110. The van der Waals surface area contributed by atoms with Gasteiger partial charge in [-0.05, 0) is 6.42 Å². The summed E-state index contributed by atoms with van der Waals surface area (Å²) in [4.78, 5) is 11.7. The maximum absolute atomic E-state index is 11.7. The number of hydrogen-bond acceptors (Lipinski definition) is 3. The van der Waals surface area contributed by atoms with Gasteiger partial charge in [0.2, 0.25) is 0 Å². The zero-order valence-electron chi connectivity index (χ0n) is 8.86. The Morgan fingerprint density at radius 2 is 2.21 bits per heavy atom. The van der Waals surface area contributed by atoms with Gasteiger partial charge in [-0.15, -0.1) is 18.3 Å². The van der Waals surface area contributed by atoms with Crippen LogP contribution in [0.3, 0.4) is 0 Å². The van der Waals surface area contributed by atoms with E-state index in [0.29, 0.717) is 22.7 Å². The zero-order valence-corrected chi connectivity index (χ0v) is 10.5. The van der Waals surface area contributed by atoms with Crippen molar-refractivity contribution in [2.75, 3.05) is 5.75 Å². The van der Waals surface area contributed by atoms with E-state index in [0.717, 1.165) is 12.2 Å². The van der Waals surface area contributed by atoms with E-state index in [1.54, 1.807) is 0 Å². The number of hydrogen-bond donors (Lipinski definition) is 0. The normalized spacial score (nSPS) is 32.6. The second kappa shape index (κ2) is 5.86. The smallest absolute Gasteiger partial charge is 0.146 e. The fourth-order valence-corrected chi connectivity index (χ4v) is 4.28. The number of Topliss-reactive ketones (excluding diaryl/α,β-unsaturated/α-hetero) is 1. The molecule has 80 valence electrons. The van der Waals surface area contributed by atoms with Crippen molar-refractivity contribution in [3.63, 3.8) is 0 Å². The fraction of sp³-hybridized carbons (Fsp3) is 0.727. The number of thioether (sulfide) groups is 2. The van der Waals surface area contributed by atoms with E-state index in [1.807, 2.05) is 29.6 Å². The van der Waals surface area contributed by atoms with E-state index < -0.39 is 0 Å². The molecule has 1 aliphatic rings. The molecule has 0 aromatic heterocycles. The highest BCUT2D eigenvalue weighted by Gasteiger charge is 2.29. The first-order chi connectivity index (χ1) is 6.65. The molecule has 0 N–H and O–H groups in total. The summed E-state index contributed by atoms with van der Waals surface area (Å²) >= 11 is 3.78. The van der Waals surface area contributed by atoms with Gasteiger partial charge in [-0.3, -0.25) is 4.79 Å². The van der Waals surface area contributed by atoms with Crippen LogP contribution in [0.25, 0.3) is 0 Å². The highest BCUT2D eigenvalue weighted by atomic mass is 32.2. The summed E-state index contributed by atoms with van der Waals surface area (Å²) < 4.78 is 0. The van der Waals surface area contributed by atoms with Crippen molar-refractivity contribution in [2.45, 2.75) is 42.4 Å². The van der Waals surface area contributed by atoms with Crippen LogP contribution in [0.2, 0.25) is 0 Å². The quantitative estimate of drug-likeness (QED) is 0.691. The maximum Gasteiger partial charge on any atom is 0.146 e. The molecule has 0 amide bonds. The summed E-state index contributed by atoms with van der Waals surface area (Å²) in [5.41, 5.74) is 0. The number of carbonyl (C=O) groups is 1. The minimum absolute atomic E-state index is 0.228. The second-order valence-electron chi connectivity index (χ2n) is 3.66. The predicted octanol–water partition coefficient (Wildman–Crippen LogP) is 3.15. The molecule has 14 heavy (non-hydrogen) atoms. The monoisotopic (exact) mass is 230 g/mol. The van der Waals surface area contributed by atoms with Crippen LogP contribution >= 0.6 is 23.5 Å². The van der Waals surface area contributed by atoms with Crippen LogP contribution in [0.4, 0.5) is 0 Å². The van der Waals surface area contributed by atoms with Crippen molar-refractivity contribution in [1.82, 2.24) is 0 Å². The molecule has 0 bridgehead atoms. The third-order valence-electron chi connectivity index (χ3n) is 2.50. The molecule has 1 heterocycles. The molecule has 1 aliphatic heterocycles. The predicted molar refractivity (Wildman–Crippen MR) is 67.2 cm³/mol. The summed E-state index contributed by atoms with van der Waals surface area (Å²) in [5.74, 6) is 1.40. The van der Waals surface area contributed by atoms with Crippen molar-refractivity contribution in [2.24, 2.45) is 0 Å². The zero-order chi connectivity index (χ0) is 10.6. The van der Waals surface area contributed by atoms with Gasteiger partial charge in [-0.2, -0.15) is 11.8 Å². The summed E-state index contributed by atoms with van der Waals surface area (Å²) in [6, 6.07) is 0. The van der Waals surface area contributed by atoms with Gasteiger partial charge in [-0.1, -0.05) is 19.9 Å². The second-order valence-corrected chi connectivity index (χ2v) is 6.66. The minimum atomic E-state index is 0.228. The van der Waals surface area contributed by atoms with Crippen LogP contribution in [-0.4, -0.2) is 27.3 Å². The molecule has 1 fully saturated rings. The lowest BCUT2D eigenvalue weighted by Gasteiger charge is -2.30. The Bertz CT molecular complexity index is 215. The lowest BCUT2D eigenvalue weighted by atomic mass is 10.2. The van der Waals surface area contributed by atoms with E-state index in [2.05, 4.69) is 20.4 Å². The van der Waals surface area contributed by atoms with Gasteiger partial charge in [0.05, 0.1) is 5.25 Å². The molecule has 1 nitrogen and oxygen atoms in total. The first kappa shape index (κ1) is 12.2. The fourth-order valence-electron chi connectivity index (χ4n) is 1.36. The van der Waals surface area contributed by atoms with Gasteiger partial charge in [-0.25, -0.2) is 0 Å². The standard InChI is InChI=1S/C11H18OS2/c1-4-5-6-10(12)11-7-13-8(2)9(3)14-11/h4,8-9,11H,1,5-7H2,2-3H3. The molecule has 0 aromatic carbocycles. The topological polar surface area (TPSA) is 17.1 Å². The number of rotatable bonds is 4. The average molecular weight is 230 g/mol. The van der Waals surface area contributed by atoms with Gasteiger partial charge >= 0.3 is 0 Å². The van der Waals surface area contributed by atoms with Crippen molar-refractivity contribution >= 4 is 29.3 Å². The van der Waals surface area contributed by atoms with Gasteiger partial charge < -0.3 is 0 Å². The highest BCUT2D eigenvalue weighted by Crippen LogP contribution is 2.36. The highest BCUT2D eigenvalue weighted by molar-refractivity contribution is 8.08. The van der Waals surface area contributed by atoms with E-state index in [9.17, 15) is 4.79 Å². The SMILES string of the molecule is C=CCCC(=O)C1CSC(C)C(C)S1.